The van der Waals surface area contributed by atoms with Crippen LogP contribution in [0.3, 0.4) is 0 Å². The molecule has 0 atom stereocenters. The van der Waals surface area contributed by atoms with E-state index >= 15 is 0 Å². The monoisotopic (exact) mass is 326 g/mol. The van der Waals surface area contributed by atoms with Gasteiger partial charge in [-0.3, -0.25) is 9.69 Å². The molecule has 1 N–H and O–H groups in total. The summed E-state index contributed by atoms with van der Waals surface area (Å²) >= 11 is 0. The molecule has 0 bridgehead atoms. The van der Waals surface area contributed by atoms with Crippen molar-refractivity contribution in [3.8, 4) is 0 Å². The fourth-order valence-electron chi connectivity index (χ4n) is 3.84. The van der Waals surface area contributed by atoms with Crippen LogP contribution < -0.4 is 5.32 Å². The zero-order valence-electron chi connectivity index (χ0n) is 15.1. The Morgan fingerprint density at radius 3 is 2.54 bits per heavy atom. The number of amides is 1. The van der Waals surface area contributed by atoms with E-state index in [1.165, 1.54) is 11.1 Å². The van der Waals surface area contributed by atoms with E-state index in [9.17, 15) is 4.79 Å². The number of carbonyl (C=O) groups excluding carboxylic acids is 1. The summed E-state index contributed by atoms with van der Waals surface area (Å²) in [6.07, 6.45) is 6.55. The molecule has 1 spiro atoms. The average Bonchev–Trinajstić information content (AvgIpc) is 2.94. The molecule has 0 saturated carbocycles. The first-order valence-corrected chi connectivity index (χ1v) is 9.30. The molecule has 130 valence electrons. The van der Waals surface area contributed by atoms with Crippen molar-refractivity contribution in [3.63, 3.8) is 0 Å². The minimum Gasteiger partial charge on any atom is -0.356 e. The first-order valence-electron chi connectivity index (χ1n) is 9.30. The molecule has 1 amide bonds. The molecular formula is C21H30N2O. The van der Waals surface area contributed by atoms with E-state index in [-0.39, 0.29) is 11.3 Å². The van der Waals surface area contributed by atoms with Crippen LogP contribution in [0.4, 0.5) is 0 Å². The van der Waals surface area contributed by atoms with Gasteiger partial charge in [0.15, 0.2) is 0 Å². The summed E-state index contributed by atoms with van der Waals surface area (Å²) in [5.41, 5.74) is 3.03. The lowest BCUT2D eigenvalue weighted by atomic mass is 9.77. The van der Waals surface area contributed by atoms with Crippen LogP contribution in [0.2, 0.25) is 0 Å². The third-order valence-corrected chi connectivity index (χ3v) is 5.49. The number of nitrogens with one attached hydrogen (secondary N) is 1. The van der Waals surface area contributed by atoms with Crippen molar-refractivity contribution < 1.29 is 4.79 Å². The highest BCUT2D eigenvalue weighted by Crippen LogP contribution is 2.37. The number of piperidine rings is 1. The van der Waals surface area contributed by atoms with E-state index in [4.69, 9.17) is 0 Å². The van der Waals surface area contributed by atoms with Crippen molar-refractivity contribution in [1.29, 1.82) is 0 Å². The maximum atomic E-state index is 11.6. The zero-order chi connectivity index (χ0) is 17.0. The van der Waals surface area contributed by atoms with E-state index in [0.717, 1.165) is 51.9 Å². The van der Waals surface area contributed by atoms with Gasteiger partial charge in [-0.25, -0.2) is 0 Å². The first-order chi connectivity index (χ1) is 11.6. The summed E-state index contributed by atoms with van der Waals surface area (Å²) < 4.78 is 0. The summed E-state index contributed by atoms with van der Waals surface area (Å²) in [4.78, 5) is 14.1. The number of rotatable bonds is 5. The van der Waals surface area contributed by atoms with Gasteiger partial charge in [0.25, 0.3) is 0 Å². The normalized spacial score (nSPS) is 21.5. The molecule has 2 saturated heterocycles. The van der Waals surface area contributed by atoms with Gasteiger partial charge in [0.2, 0.25) is 5.91 Å². The Balaban J connectivity index is 1.64. The van der Waals surface area contributed by atoms with Crippen LogP contribution in [0.25, 0.3) is 5.57 Å². The Morgan fingerprint density at radius 1 is 1.25 bits per heavy atom. The Bertz CT molecular complexity index is 583. The van der Waals surface area contributed by atoms with E-state index < -0.39 is 0 Å². The standard InChI is InChI=1S/C21H30N2O/c1-17(2)8-9-19(18-6-4-3-5-7-18)15-23-12-10-21(11-13-23)14-20(24)22-16-21/h3-7,9,17H,8,10-16H2,1-2H3,(H,22,24)/b19-9+. The number of hydrogen-bond acceptors (Lipinski definition) is 2. The quantitative estimate of drug-likeness (QED) is 0.894. The van der Waals surface area contributed by atoms with Gasteiger partial charge >= 0.3 is 0 Å². The Kier molecular flexibility index (Phi) is 5.40. The van der Waals surface area contributed by atoms with Gasteiger partial charge in [0.1, 0.15) is 0 Å². The zero-order valence-corrected chi connectivity index (χ0v) is 15.1. The fraction of sp³-hybridized carbons (Fsp3) is 0.571. The molecule has 24 heavy (non-hydrogen) atoms. The minimum absolute atomic E-state index is 0.238. The van der Waals surface area contributed by atoms with Crippen molar-refractivity contribution in [2.75, 3.05) is 26.2 Å². The molecule has 2 heterocycles. The highest BCUT2D eigenvalue weighted by atomic mass is 16.1. The minimum atomic E-state index is 0.238. The fourth-order valence-corrected chi connectivity index (χ4v) is 3.84. The van der Waals surface area contributed by atoms with Gasteiger partial charge in [0, 0.05) is 19.5 Å². The van der Waals surface area contributed by atoms with Crippen LogP contribution in [-0.4, -0.2) is 37.0 Å². The Labute approximate surface area is 146 Å². The number of benzene rings is 1. The maximum absolute atomic E-state index is 11.6. The van der Waals surface area contributed by atoms with Crippen LogP contribution >= 0.6 is 0 Å². The number of carbonyl (C=O) groups is 1. The molecule has 0 unspecified atom stereocenters. The molecule has 2 aliphatic rings. The molecule has 2 aliphatic heterocycles. The lowest BCUT2D eigenvalue weighted by molar-refractivity contribution is -0.119. The summed E-state index contributed by atoms with van der Waals surface area (Å²) in [5, 5.41) is 3.03. The number of nitrogens with zero attached hydrogens (tertiary/aromatic N) is 1. The van der Waals surface area contributed by atoms with Crippen LogP contribution in [0.5, 0.6) is 0 Å². The van der Waals surface area contributed by atoms with Gasteiger partial charge in [-0.15, -0.1) is 0 Å². The van der Waals surface area contributed by atoms with Crippen LogP contribution in [0, 0.1) is 11.3 Å². The lowest BCUT2D eigenvalue weighted by Crippen LogP contribution is -2.41. The smallest absolute Gasteiger partial charge is 0.220 e. The molecule has 0 aliphatic carbocycles. The topological polar surface area (TPSA) is 32.3 Å². The highest BCUT2D eigenvalue weighted by molar-refractivity contribution is 5.79. The molecule has 1 aromatic rings. The molecule has 0 radical (unpaired) electrons. The average molecular weight is 326 g/mol. The first kappa shape index (κ1) is 17.2. The third-order valence-electron chi connectivity index (χ3n) is 5.49. The molecule has 3 heteroatoms. The van der Waals surface area contributed by atoms with Gasteiger partial charge in [-0.2, -0.15) is 0 Å². The third kappa shape index (κ3) is 4.27. The van der Waals surface area contributed by atoms with Crippen molar-refractivity contribution >= 4 is 11.5 Å². The lowest BCUT2D eigenvalue weighted by Gasteiger charge is -2.38. The molecular weight excluding hydrogens is 296 g/mol. The molecule has 3 nitrogen and oxygen atoms in total. The van der Waals surface area contributed by atoms with Crippen LogP contribution in [-0.2, 0) is 4.79 Å². The van der Waals surface area contributed by atoms with Gasteiger partial charge < -0.3 is 5.32 Å². The summed E-state index contributed by atoms with van der Waals surface area (Å²) in [5.74, 6) is 0.925. The van der Waals surface area contributed by atoms with Crippen LogP contribution in [0.1, 0.15) is 45.1 Å². The predicted molar refractivity (Wildman–Crippen MR) is 99.6 cm³/mol. The summed E-state index contributed by atoms with van der Waals surface area (Å²) in [7, 11) is 0. The van der Waals surface area contributed by atoms with E-state index in [1.54, 1.807) is 0 Å². The second kappa shape index (κ2) is 7.52. The highest BCUT2D eigenvalue weighted by Gasteiger charge is 2.40. The summed E-state index contributed by atoms with van der Waals surface area (Å²) in [6, 6.07) is 10.8. The number of likely N-dealkylation sites (tertiary alicyclic amines) is 1. The van der Waals surface area contributed by atoms with Crippen LogP contribution in [0.15, 0.2) is 36.4 Å². The molecule has 0 aromatic heterocycles. The summed E-state index contributed by atoms with van der Waals surface area (Å²) in [6.45, 7) is 8.64. The van der Waals surface area contributed by atoms with Crippen molar-refractivity contribution in [1.82, 2.24) is 10.2 Å². The van der Waals surface area contributed by atoms with Gasteiger partial charge in [-0.05, 0) is 54.8 Å². The second-order valence-electron chi connectivity index (χ2n) is 7.95. The van der Waals surface area contributed by atoms with Crippen molar-refractivity contribution in [3.05, 3.63) is 42.0 Å². The number of hydrogen-bond donors (Lipinski definition) is 1. The van der Waals surface area contributed by atoms with Gasteiger partial charge in [0.05, 0.1) is 0 Å². The van der Waals surface area contributed by atoms with E-state index in [0.29, 0.717) is 5.92 Å². The SMILES string of the molecule is CC(C)C/C=C(\CN1CCC2(CC1)CNC(=O)C2)c1ccccc1. The number of allylic oxidation sites excluding steroid dienone is 1. The maximum Gasteiger partial charge on any atom is 0.220 e. The van der Waals surface area contributed by atoms with E-state index in [1.807, 2.05) is 0 Å². The predicted octanol–water partition coefficient (Wildman–Crippen LogP) is 3.72. The largest absolute Gasteiger partial charge is 0.356 e. The molecule has 3 rings (SSSR count). The second-order valence-corrected chi connectivity index (χ2v) is 7.95. The van der Waals surface area contributed by atoms with Gasteiger partial charge in [-0.1, -0.05) is 50.3 Å². The Morgan fingerprint density at radius 2 is 1.96 bits per heavy atom. The van der Waals surface area contributed by atoms with Crippen molar-refractivity contribution in [2.45, 2.75) is 39.5 Å². The molecule has 2 fully saturated rings. The van der Waals surface area contributed by atoms with Crippen molar-refractivity contribution in [2.24, 2.45) is 11.3 Å². The molecule has 1 aromatic carbocycles. The van der Waals surface area contributed by atoms with E-state index in [2.05, 4.69) is 60.5 Å². The Hall–Kier alpha value is -1.61.